The van der Waals surface area contributed by atoms with Crippen LogP contribution in [-0.4, -0.2) is 18.4 Å². The summed E-state index contributed by atoms with van der Waals surface area (Å²) in [5, 5.41) is 3.51. The van der Waals surface area contributed by atoms with Crippen molar-refractivity contribution in [1.29, 1.82) is 0 Å². The summed E-state index contributed by atoms with van der Waals surface area (Å²) in [4.78, 5) is 11.9. The Balaban J connectivity index is 3.29. The molecule has 2 unspecified atom stereocenters. The van der Waals surface area contributed by atoms with Gasteiger partial charge in [0.25, 0.3) is 0 Å². The maximum absolute atomic E-state index is 11.9. The molecule has 28 heavy (non-hydrogen) atoms. The van der Waals surface area contributed by atoms with Crippen molar-refractivity contribution in [1.82, 2.24) is 5.32 Å². The predicted molar refractivity (Wildman–Crippen MR) is 126 cm³/mol. The minimum absolute atomic E-state index is 0.217. The third-order valence-corrected chi connectivity index (χ3v) is 5.85. The Morgan fingerprint density at radius 3 is 1.79 bits per heavy atom. The normalized spacial score (nSPS) is 13.9. The second kappa shape index (κ2) is 21.1. The first kappa shape index (κ1) is 27.4. The van der Waals surface area contributed by atoms with Crippen molar-refractivity contribution in [3.8, 4) is 0 Å². The molecule has 0 heterocycles. The summed E-state index contributed by atoms with van der Waals surface area (Å²) >= 11 is 0. The second-order valence-corrected chi connectivity index (χ2v) is 8.77. The minimum atomic E-state index is 0.217. The van der Waals surface area contributed by atoms with Crippen molar-refractivity contribution in [2.45, 2.75) is 136 Å². The van der Waals surface area contributed by atoms with Gasteiger partial charge in [-0.05, 0) is 52.0 Å². The molecule has 0 fully saturated rings. The SMILES string of the molecule is CCCCCCCCC=CCCCCCCCCNC(C)CC(=O)C(C)CC. The van der Waals surface area contributed by atoms with Crippen LogP contribution in [0.25, 0.3) is 0 Å². The minimum Gasteiger partial charge on any atom is -0.314 e. The Hall–Kier alpha value is -0.630. The maximum Gasteiger partial charge on any atom is 0.137 e. The molecular formula is C26H51NO. The molecule has 0 rings (SSSR count). The van der Waals surface area contributed by atoms with Crippen LogP contribution in [0.5, 0.6) is 0 Å². The molecule has 2 atom stereocenters. The molecule has 2 heteroatoms. The molecule has 0 radical (unpaired) electrons. The summed E-state index contributed by atoms with van der Waals surface area (Å²) in [7, 11) is 0. The lowest BCUT2D eigenvalue weighted by molar-refractivity contribution is -0.122. The van der Waals surface area contributed by atoms with Gasteiger partial charge in [0.05, 0.1) is 0 Å². The van der Waals surface area contributed by atoms with Crippen LogP contribution in [-0.2, 0) is 4.79 Å². The first-order valence-electron chi connectivity index (χ1n) is 12.5. The highest BCUT2D eigenvalue weighted by atomic mass is 16.1. The number of ketones is 1. The van der Waals surface area contributed by atoms with Crippen molar-refractivity contribution >= 4 is 5.78 Å². The van der Waals surface area contributed by atoms with Gasteiger partial charge < -0.3 is 5.32 Å². The Kier molecular flexibility index (Phi) is 20.6. The van der Waals surface area contributed by atoms with E-state index in [9.17, 15) is 4.79 Å². The fraction of sp³-hybridized carbons (Fsp3) is 0.885. The van der Waals surface area contributed by atoms with Gasteiger partial charge in [0.1, 0.15) is 5.78 Å². The van der Waals surface area contributed by atoms with Crippen molar-refractivity contribution in [3.63, 3.8) is 0 Å². The van der Waals surface area contributed by atoms with Gasteiger partial charge >= 0.3 is 0 Å². The highest BCUT2D eigenvalue weighted by molar-refractivity contribution is 5.81. The Labute approximate surface area is 177 Å². The Morgan fingerprint density at radius 1 is 0.750 bits per heavy atom. The van der Waals surface area contributed by atoms with Gasteiger partial charge in [-0.15, -0.1) is 0 Å². The van der Waals surface area contributed by atoms with Crippen LogP contribution in [0.1, 0.15) is 130 Å². The zero-order chi connectivity index (χ0) is 20.9. The number of carbonyl (C=O) groups excluding carboxylic acids is 1. The molecule has 0 bridgehead atoms. The van der Waals surface area contributed by atoms with E-state index in [1.165, 1.54) is 89.9 Å². The van der Waals surface area contributed by atoms with Crippen LogP contribution >= 0.6 is 0 Å². The van der Waals surface area contributed by atoms with E-state index < -0.39 is 0 Å². The Morgan fingerprint density at radius 2 is 1.25 bits per heavy atom. The van der Waals surface area contributed by atoms with E-state index in [1.807, 2.05) is 6.92 Å². The van der Waals surface area contributed by atoms with Crippen LogP contribution in [0.2, 0.25) is 0 Å². The van der Waals surface area contributed by atoms with Crippen molar-refractivity contribution in [2.75, 3.05) is 6.54 Å². The van der Waals surface area contributed by atoms with Crippen molar-refractivity contribution in [2.24, 2.45) is 5.92 Å². The summed E-state index contributed by atoms with van der Waals surface area (Å²) in [6.07, 6.45) is 25.3. The standard InChI is InChI=1S/C26H51NO/c1-5-7-8-9-10-11-12-13-14-15-16-17-18-19-20-21-22-27-25(4)23-26(28)24(3)6-2/h13-14,24-25,27H,5-12,15-23H2,1-4H3. The van der Waals surface area contributed by atoms with Crippen LogP contribution < -0.4 is 5.32 Å². The largest absolute Gasteiger partial charge is 0.314 e. The fourth-order valence-electron chi connectivity index (χ4n) is 3.52. The van der Waals surface area contributed by atoms with Gasteiger partial charge in [-0.1, -0.05) is 90.7 Å². The number of carbonyl (C=O) groups is 1. The molecule has 0 aromatic carbocycles. The molecule has 0 aliphatic heterocycles. The molecule has 2 nitrogen and oxygen atoms in total. The number of hydrogen-bond donors (Lipinski definition) is 1. The molecule has 166 valence electrons. The monoisotopic (exact) mass is 393 g/mol. The molecule has 0 aromatic heterocycles. The first-order chi connectivity index (χ1) is 13.6. The van der Waals surface area contributed by atoms with Crippen LogP contribution in [0.4, 0.5) is 0 Å². The molecule has 0 amide bonds. The molecular weight excluding hydrogens is 342 g/mol. The van der Waals surface area contributed by atoms with Gasteiger partial charge in [-0.2, -0.15) is 0 Å². The van der Waals surface area contributed by atoms with Gasteiger partial charge in [0.15, 0.2) is 0 Å². The maximum atomic E-state index is 11.9. The average molecular weight is 394 g/mol. The van der Waals surface area contributed by atoms with Gasteiger partial charge in [0, 0.05) is 18.4 Å². The lowest BCUT2D eigenvalue weighted by atomic mass is 9.98. The zero-order valence-electron chi connectivity index (χ0n) is 19.7. The fourth-order valence-corrected chi connectivity index (χ4v) is 3.52. The summed E-state index contributed by atoms with van der Waals surface area (Å²) in [6.45, 7) is 9.60. The molecule has 0 saturated heterocycles. The predicted octanol–water partition coefficient (Wildman–Crippen LogP) is 8.01. The van der Waals surface area contributed by atoms with E-state index in [0.717, 1.165) is 13.0 Å². The van der Waals surface area contributed by atoms with E-state index in [0.29, 0.717) is 18.2 Å². The van der Waals surface area contributed by atoms with E-state index in [1.54, 1.807) is 0 Å². The summed E-state index contributed by atoms with van der Waals surface area (Å²) in [5.74, 6) is 0.623. The topological polar surface area (TPSA) is 29.1 Å². The lowest BCUT2D eigenvalue weighted by Crippen LogP contribution is -2.30. The average Bonchev–Trinajstić information content (AvgIpc) is 2.69. The molecule has 0 aliphatic rings. The highest BCUT2D eigenvalue weighted by Crippen LogP contribution is 2.10. The molecule has 0 spiro atoms. The van der Waals surface area contributed by atoms with Gasteiger partial charge in [0.2, 0.25) is 0 Å². The third-order valence-electron chi connectivity index (χ3n) is 5.85. The number of rotatable bonds is 21. The number of hydrogen-bond acceptors (Lipinski definition) is 2. The van der Waals surface area contributed by atoms with Gasteiger partial charge in [-0.25, -0.2) is 0 Å². The number of nitrogens with one attached hydrogen (secondary N) is 1. The van der Waals surface area contributed by atoms with E-state index in [4.69, 9.17) is 0 Å². The van der Waals surface area contributed by atoms with E-state index in [2.05, 4.69) is 38.2 Å². The van der Waals surface area contributed by atoms with E-state index in [-0.39, 0.29) is 5.92 Å². The van der Waals surface area contributed by atoms with Crippen molar-refractivity contribution in [3.05, 3.63) is 12.2 Å². The quantitative estimate of drug-likeness (QED) is 0.158. The van der Waals surface area contributed by atoms with Crippen LogP contribution in [0.3, 0.4) is 0 Å². The van der Waals surface area contributed by atoms with Crippen LogP contribution in [0.15, 0.2) is 12.2 Å². The summed E-state index contributed by atoms with van der Waals surface area (Å²) in [6, 6.07) is 0.324. The molecule has 1 N–H and O–H groups in total. The molecule has 0 saturated carbocycles. The molecule has 0 aliphatic carbocycles. The van der Waals surface area contributed by atoms with Crippen LogP contribution in [0, 0.1) is 5.92 Å². The Bertz CT molecular complexity index is 363. The third kappa shape index (κ3) is 18.7. The smallest absolute Gasteiger partial charge is 0.137 e. The highest BCUT2D eigenvalue weighted by Gasteiger charge is 2.13. The summed E-state index contributed by atoms with van der Waals surface area (Å²) < 4.78 is 0. The number of unbranched alkanes of at least 4 members (excludes halogenated alkanes) is 12. The number of allylic oxidation sites excluding steroid dienone is 2. The first-order valence-corrected chi connectivity index (χ1v) is 12.5. The van der Waals surface area contributed by atoms with Gasteiger partial charge in [-0.3, -0.25) is 4.79 Å². The lowest BCUT2D eigenvalue weighted by Gasteiger charge is -2.15. The molecule has 0 aromatic rings. The van der Waals surface area contributed by atoms with E-state index >= 15 is 0 Å². The zero-order valence-corrected chi connectivity index (χ0v) is 19.7. The second-order valence-electron chi connectivity index (χ2n) is 8.77. The van der Waals surface area contributed by atoms with Crippen molar-refractivity contribution < 1.29 is 4.79 Å². The number of Topliss-reactive ketones (excluding diaryl/α,β-unsaturated/α-hetero) is 1. The summed E-state index contributed by atoms with van der Waals surface area (Å²) in [5.41, 5.74) is 0.